The Bertz CT molecular complexity index is 1070. The van der Waals surface area contributed by atoms with Crippen molar-refractivity contribution >= 4 is 45.3 Å². The number of nitrogens with one attached hydrogen (secondary N) is 2. The van der Waals surface area contributed by atoms with Gasteiger partial charge in [0.25, 0.3) is 5.56 Å². The molecule has 1 atom stereocenters. The van der Waals surface area contributed by atoms with Gasteiger partial charge in [-0.05, 0) is 44.6 Å². The number of imide groups is 1. The lowest BCUT2D eigenvalue weighted by Crippen LogP contribution is -2.45. The summed E-state index contributed by atoms with van der Waals surface area (Å²) < 4.78 is 7.42. The van der Waals surface area contributed by atoms with Gasteiger partial charge in [0.15, 0.2) is 5.16 Å². The molecule has 1 unspecified atom stereocenters. The average molecular weight is 493 g/mol. The number of aryl methyl sites for hydroxylation is 2. The summed E-state index contributed by atoms with van der Waals surface area (Å²) in [5.41, 5.74) is 0.969. The lowest BCUT2D eigenvalue weighted by Gasteiger charge is -2.22. The molecule has 0 spiro atoms. The Morgan fingerprint density at radius 1 is 1.21 bits per heavy atom. The van der Waals surface area contributed by atoms with Crippen LogP contribution in [0.25, 0.3) is 10.2 Å². The smallest absolute Gasteiger partial charge is 0.321 e. The van der Waals surface area contributed by atoms with Crippen molar-refractivity contribution in [2.24, 2.45) is 0 Å². The minimum atomic E-state index is -0.450. The van der Waals surface area contributed by atoms with Crippen molar-refractivity contribution in [3.05, 3.63) is 20.8 Å². The van der Waals surface area contributed by atoms with E-state index in [2.05, 4.69) is 10.6 Å². The van der Waals surface area contributed by atoms with Crippen molar-refractivity contribution in [1.82, 2.24) is 20.2 Å². The Hall–Kier alpha value is -1.91. The summed E-state index contributed by atoms with van der Waals surface area (Å²) in [5.74, 6) is -0.394. The minimum absolute atomic E-state index is 0.00650. The molecule has 0 bridgehead atoms. The molecular weight excluding hydrogens is 460 g/mol. The molecule has 1 saturated heterocycles. The molecular formula is C23H32N4O4S2. The van der Waals surface area contributed by atoms with E-state index in [-0.39, 0.29) is 23.5 Å². The molecule has 1 aliphatic carbocycles. The second kappa shape index (κ2) is 11.0. The Labute approximate surface area is 201 Å². The largest absolute Gasteiger partial charge is 0.376 e. The van der Waals surface area contributed by atoms with E-state index < -0.39 is 11.9 Å². The van der Waals surface area contributed by atoms with Crippen LogP contribution in [0.1, 0.15) is 62.3 Å². The van der Waals surface area contributed by atoms with Gasteiger partial charge in [0, 0.05) is 17.5 Å². The first-order valence-corrected chi connectivity index (χ1v) is 13.6. The van der Waals surface area contributed by atoms with Gasteiger partial charge in [-0.1, -0.05) is 37.9 Å². The second-order valence-electron chi connectivity index (χ2n) is 8.76. The molecule has 3 amide bonds. The monoisotopic (exact) mass is 492 g/mol. The third-order valence-electron chi connectivity index (χ3n) is 6.37. The van der Waals surface area contributed by atoms with Gasteiger partial charge in [0.1, 0.15) is 4.83 Å². The van der Waals surface area contributed by atoms with Crippen LogP contribution in [-0.4, -0.2) is 46.0 Å². The van der Waals surface area contributed by atoms with Crippen LogP contribution in [0.5, 0.6) is 0 Å². The number of urea groups is 1. The van der Waals surface area contributed by atoms with E-state index in [4.69, 9.17) is 9.72 Å². The van der Waals surface area contributed by atoms with E-state index in [0.29, 0.717) is 28.5 Å². The van der Waals surface area contributed by atoms with Crippen molar-refractivity contribution in [3.8, 4) is 0 Å². The maximum atomic E-state index is 13.5. The van der Waals surface area contributed by atoms with Crippen LogP contribution in [0.15, 0.2) is 9.95 Å². The predicted octanol–water partition coefficient (Wildman–Crippen LogP) is 3.76. The second-order valence-corrected chi connectivity index (χ2v) is 10.9. The fourth-order valence-corrected chi connectivity index (χ4v) is 6.64. The molecule has 8 nitrogen and oxygen atoms in total. The Morgan fingerprint density at radius 2 is 2.00 bits per heavy atom. The van der Waals surface area contributed by atoms with Gasteiger partial charge in [-0.2, -0.15) is 0 Å². The molecule has 0 aromatic carbocycles. The SMILES string of the molecule is CCc1c(C)sc2nc(SCC(=O)NC(=O)NC3CCCCC3)n(CC3CCCO3)c(=O)c12. The molecule has 2 aromatic rings. The van der Waals surface area contributed by atoms with Crippen molar-refractivity contribution in [2.45, 2.75) is 89.1 Å². The highest BCUT2D eigenvalue weighted by Crippen LogP contribution is 2.30. The van der Waals surface area contributed by atoms with E-state index in [9.17, 15) is 14.4 Å². The molecule has 4 rings (SSSR count). The van der Waals surface area contributed by atoms with E-state index in [1.165, 1.54) is 29.5 Å². The first kappa shape index (κ1) is 24.2. The fourth-order valence-electron chi connectivity index (χ4n) is 4.68. The number of thiophene rings is 1. The number of carbonyl (C=O) groups excluding carboxylic acids is 2. The molecule has 10 heteroatoms. The van der Waals surface area contributed by atoms with Gasteiger partial charge in [-0.15, -0.1) is 11.3 Å². The van der Waals surface area contributed by atoms with Gasteiger partial charge in [0.2, 0.25) is 5.91 Å². The third kappa shape index (κ3) is 5.78. The Kier molecular flexibility index (Phi) is 8.08. The zero-order valence-corrected chi connectivity index (χ0v) is 20.9. The first-order chi connectivity index (χ1) is 16.0. The van der Waals surface area contributed by atoms with Gasteiger partial charge >= 0.3 is 6.03 Å². The number of fused-ring (bicyclic) bond motifs is 1. The number of ether oxygens (including phenoxy) is 1. The zero-order valence-electron chi connectivity index (χ0n) is 19.3. The summed E-state index contributed by atoms with van der Waals surface area (Å²) in [5, 5.41) is 6.48. The van der Waals surface area contributed by atoms with Crippen LogP contribution >= 0.6 is 23.1 Å². The van der Waals surface area contributed by atoms with Gasteiger partial charge in [-0.25, -0.2) is 9.78 Å². The minimum Gasteiger partial charge on any atom is -0.376 e. The summed E-state index contributed by atoms with van der Waals surface area (Å²) in [6.45, 7) is 5.18. The molecule has 1 aliphatic heterocycles. The standard InChI is InChI=1S/C23H32N4O4S2/c1-3-17-14(2)33-20-19(17)21(29)27(12-16-10-7-11-31-16)23(26-20)32-13-18(28)25-22(30)24-15-8-5-4-6-9-15/h15-16H,3-13H2,1-2H3,(H2,24,25,28,30). The molecule has 180 valence electrons. The number of hydrogen-bond acceptors (Lipinski definition) is 7. The van der Waals surface area contributed by atoms with Crippen LogP contribution < -0.4 is 16.2 Å². The summed E-state index contributed by atoms with van der Waals surface area (Å²) in [7, 11) is 0. The summed E-state index contributed by atoms with van der Waals surface area (Å²) in [4.78, 5) is 44.7. The topological polar surface area (TPSA) is 102 Å². The molecule has 2 N–H and O–H groups in total. The molecule has 2 aliphatic rings. The highest BCUT2D eigenvalue weighted by Gasteiger charge is 2.23. The first-order valence-electron chi connectivity index (χ1n) is 11.8. The maximum Gasteiger partial charge on any atom is 0.321 e. The molecule has 0 radical (unpaired) electrons. The van der Waals surface area contributed by atoms with E-state index >= 15 is 0 Å². The number of aromatic nitrogens is 2. The summed E-state index contributed by atoms with van der Waals surface area (Å²) >= 11 is 2.70. The van der Waals surface area contributed by atoms with Gasteiger partial charge in [0.05, 0.1) is 23.8 Å². The van der Waals surface area contributed by atoms with E-state index in [1.54, 1.807) is 4.57 Å². The predicted molar refractivity (Wildman–Crippen MR) is 131 cm³/mol. The molecule has 33 heavy (non-hydrogen) atoms. The Morgan fingerprint density at radius 3 is 2.70 bits per heavy atom. The van der Waals surface area contributed by atoms with E-state index in [0.717, 1.165) is 55.4 Å². The van der Waals surface area contributed by atoms with Crippen LogP contribution in [-0.2, 0) is 22.5 Å². The number of rotatable bonds is 7. The maximum absolute atomic E-state index is 13.5. The quantitative estimate of drug-likeness (QED) is 0.451. The van der Waals surface area contributed by atoms with Gasteiger partial charge in [-0.3, -0.25) is 19.5 Å². The number of amides is 3. The number of nitrogens with zero attached hydrogens (tertiary/aromatic N) is 2. The fraction of sp³-hybridized carbons (Fsp3) is 0.652. The zero-order chi connectivity index (χ0) is 23.4. The Balaban J connectivity index is 1.49. The summed E-state index contributed by atoms with van der Waals surface area (Å²) in [6, 6.07) is -0.316. The number of carbonyl (C=O) groups is 2. The van der Waals surface area contributed by atoms with E-state index in [1.807, 2.05) is 13.8 Å². The highest BCUT2D eigenvalue weighted by molar-refractivity contribution is 7.99. The lowest BCUT2D eigenvalue weighted by atomic mass is 9.96. The summed E-state index contributed by atoms with van der Waals surface area (Å²) in [6.07, 6.45) is 7.94. The normalized spacial score (nSPS) is 19.2. The molecule has 1 saturated carbocycles. The van der Waals surface area contributed by atoms with Crippen LogP contribution in [0, 0.1) is 6.92 Å². The van der Waals surface area contributed by atoms with Crippen molar-refractivity contribution in [3.63, 3.8) is 0 Å². The molecule has 2 aromatic heterocycles. The van der Waals surface area contributed by atoms with Crippen LogP contribution in [0.3, 0.4) is 0 Å². The highest BCUT2D eigenvalue weighted by atomic mass is 32.2. The number of hydrogen-bond donors (Lipinski definition) is 2. The van der Waals surface area contributed by atoms with Crippen molar-refractivity contribution < 1.29 is 14.3 Å². The molecule has 2 fully saturated rings. The van der Waals surface area contributed by atoms with Crippen LogP contribution in [0.2, 0.25) is 0 Å². The lowest BCUT2D eigenvalue weighted by molar-refractivity contribution is -0.117. The van der Waals surface area contributed by atoms with Gasteiger partial charge < -0.3 is 10.1 Å². The van der Waals surface area contributed by atoms with Crippen LogP contribution in [0.4, 0.5) is 4.79 Å². The molecule has 3 heterocycles. The third-order valence-corrected chi connectivity index (χ3v) is 8.38. The van der Waals surface area contributed by atoms with Crippen molar-refractivity contribution in [2.75, 3.05) is 12.4 Å². The van der Waals surface area contributed by atoms with Crippen molar-refractivity contribution in [1.29, 1.82) is 0 Å². The number of thioether (sulfide) groups is 1. The average Bonchev–Trinajstić information content (AvgIpc) is 3.42.